The molecule has 12 heteroatoms. The Kier molecular flexibility index (Phi) is 5.21. The quantitative estimate of drug-likeness (QED) is 0.746. The first-order valence-electron chi connectivity index (χ1n) is 7.81. The third-order valence-electron chi connectivity index (χ3n) is 3.58. The predicted molar refractivity (Wildman–Crippen MR) is 85.2 cm³/mol. The van der Waals surface area contributed by atoms with Crippen molar-refractivity contribution in [1.29, 1.82) is 0 Å². The SMILES string of the molecule is O=C1Cc2c(nc(OCC(F)F)n(-c3ccc(OCC(F)(F)F)cc3)c2=O)N1. The smallest absolute Gasteiger partial charge is 0.422 e. The summed E-state index contributed by atoms with van der Waals surface area (Å²) in [7, 11) is 0. The van der Waals surface area contributed by atoms with E-state index in [9.17, 15) is 31.5 Å². The molecule has 1 aromatic heterocycles. The zero-order valence-corrected chi connectivity index (χ0v) is 13.9. The molecule has 1 aliphatic heterocycles. The first-order valence-corrected chi connectivity index (χ1v) is 7.81. The van der Waals surface area contributed by atoms with Gasteiger partial charge < -0.3 is 14.8 Å². The molecule has 150 valence electrons. The summed E-state index contributed by atoms with van der Waals surface area (Å²) in [5.41, 5.74) is -0.619. The fourth-order valence-electron chi connectivity index (χ4n) is 2.45. The molecule has 0 spiro atoms. The molecular formula is C16H12F5N3O4. The van der Waals surface area contributed by atoms with Gasteiger partial charge in [0.15, 0.2) is 13.2 Å². The van der Waals surface area contributed by atoms with Crippen LogP contribution in [-0.2, 0) is 11.2 Å². The second kappa shape index (κ2) is 7.44. The van der Waals surface area contributed by atoms with Crippen molar-refractivity contribution in [3.05, 3.63) is 40.2 Å². The monoisotopic (exact) mass is 405 g/mol. The molecule has 2 aromatic rings. The second-order valence-electron chi connectivity index (χ2n) is 5.69. The van der Waals surface area contributed by atoms with Gasteiger partial charge in [-0.15, -0.1) is 0 Å². The minimum atomic E-state index is -4.52. The highest BCUT2D eigenvalue weighted by atomic mass is 19.4. The second-order valence-corrected chi connectivity index (χ2v) is 5.69. The molecule has 0 unspecified atom stereocenters. The van der Waals surface area contributed by atoms with Crippen molar-refractivity contribution in [3.8, 4) is 17.4 Å². The zero-order chi connectivity index (χ0) is 20.5. The van der Waals surface area contributed by atoms with Gasteiger partial charge in [0.2, 0.25) is 5.91 Å². The number of rotatable bonds is 6. The average molecular weight is 405 g/mol. The molecule has 0 radical (unpaired) electrons. The van der Waals surface area contributed by atoms with Crippen LogP contribution in [0.15, 0.2) is 29.1 Å². The number of aromatic nitrogens is 2. The minimum absolute atomic E-state index is 0.0202. The molecule has 0 saturated carbocycles. The Morgan fingerprint density at radius 1 is 1.14 bits per heavy atom. The number of halogens is 5. The summed E-state index contributed by atoms with van der Waals surface area (Å²) < 4.78 is 72.0. The van der Waals surface area contributed by atoms with E-state index >= 15 is 0 Å². The fraction of sp³-hybridized carbons (Fsp3) is 0.312. The lowest BCUT2D eigenvalue weighted by Crippen LogP contribution is -2.26. The predicted octanol–water partition coefficient (Wildman–Crippen LogP) is 2.31. The molecule has 0 saturated heterocycles. The lowest BCUT2D eigenvalue weighted by Gasteiger charge is -2.15. The summed E-state index contributed by atoms with van der Waals surface area (Å²) in [5, 5.41) is 2.33. The molecule has 1 aromatic carbocycles. The number of alkyl halides is 5. The molecular weight excluding hydrogens is 393 g/mol. The highest BCUT2D eigenvalue weighted by Gasteiger charge is 2.29. The van der Waals surface area contributed by atoms with Gasteiger partial charge in [0, 0.05) is 0 Å². The number of benzene rings is 1. The van der Waals surface area contributed by atoms with E-state index in [4.69, 9.17) is 4.74 Å². The molecule has 1 N–H and O–H groups in total. The van der Waals surface area contributed by atoms with Crippen molar-refractivity contribution in [2.75, 3.05) is 18.5 Å². The van der Waals surface area contributed by atoms with Gasteiger partial charge in [-0.1, -0.05) is 0 Å². The van der Waals surface area contributed by atoms with E-state index in [1.165, 1.54) is 24.3 Å². The van der Waals surface area contributed by atoms with Crippen molar-refractivity contribution in [3.63, 3.8) is 0 Å². The molecule has 7 nitrogen and oxygen atoms in total. The largest absolute Gasteiger partial charge is 0.484 e. The van der Waals surface area contributed by atoms with Crippen LogP contribution in [0.25, 0.3) is 5.69 Å². The van der Waals surface area contributed by atoms with Gasteiger partial charge in [-0.3, -0.25) is 9.59 Å². The van der Waals surface area contributed by atoms with E-state index < -0.39 is 43.3 Å². The van der Waals surface area contributed by atoms with E-state index in [1.807, 2.05) is 0 Å². The maximum Gasteiger partial charge on any atom is 0.422 e. The van der Waals surface area contributed by atoms with Crippen molar-refractivity contribution >= 4 is 11.7 Å². The lowest BCUT2D eigenvalue weighted by molar-refractivity contribution is -0.153. The fourth-order valence-corrected chi connectivity index (χ4v) is 2.45. The van der Waals surface area contributed by atoms with Crippen LogP contribution < -0.4 is 20.3 Å². The number of hydrogen-bond acceptors (Lipinski definition) is 5. The van der Waals surface area contributed by atoms with E-state index in [0.29, 0.717) is 0 Å². The van der Waals surface area contributed by atoms with Crippen molar-refractivity contribution in [2.24, 2.45) is 0 Å². The average Bonchev–Trinajstić information content (AvgIpc) is 2.99. The Morgan fingerprint density at radius 2 is 1.82 bits per heavy atom. The van der Waals surface area contributed by atoms with Gasteiger partial charge >= 0.3 is 12.2 Å². The Morgan fingerprint density at radius 3 is 2.43 bits per heavy atom. The molecule has 28 heavy (non-hydrogen) atoms. The van der Waals surface area contributed by atoms with E-state index in [2.05, 4.69) is 15.0 Å². The number of carbonyl (C=O) groups excluding carboxylic acids is 1. The molecule has 0 aliphatic carbocycles. The Hall–Kier alpha value is -3.18. The Bertz CT molecular complexity index is 941. The lowest BCUT2D eigenvalue weighted by atomic mass is 10.2. The van der Waals surface area contributed by atoms with Crippen LogP contribution in [0, 0.1) is 0 Å². The van der Waals surface area contributed by atoms with Crippen LogP contribution in [-0.4, -0.2) is 41.3 Å². The number of hydrogen-bond donors (Lipinski definition) is 1. The number of amides is 1. The van der Waals surface area contributed by atoms with Gasteiger partial charge in [0.1, 0.15) is 11.6 Å². The van der Waals surface area contributed by atoms with Gasteiger partial charge in [-0.05, 0) is 24.3 Å². The molecule has 0 bridgehead atoms. The topological polar surface area (TPSA) is 82.4 Å². The number of fused-ring (bicyclic) bond motifs is 1. The van der Waals surface area contributed by atoms with Crippen molar-refractivity contribution in [2.45, 2.75) is 19.0 Å². The molecule has 1 aliphatic rings. The summed E-state index contributed by atoms with van der Waals surface area (Å²) in [5.74, 6) is -0.691. The van der Waals surface area contributed by atoms with Crippen LogP contribution in [0.2, 0.25) is 0 Å². The highest BCUT2D eigenvalue weighted by molar-refractivity contribution is 5.97. The summed E-state index contributed by atoms with van der Waals surface area (Å²) in [4.78, 5) is 28.1. The number of anilines is 1. The molecule has 3 rings (SSSR count). The molecule has 1 amide bonds. The first-order chi connectivity index (χ1) is 13.1. The third kappa shape index (κ3) is 4.38. The molecule has 2 heterocycles. The van der Waals surface area contributed by atoms with Crippen molar-refractivity contribution in [1.82, 2.24) is 9.55 Å². The zero-order valence-electron chi connectivity index (χ0n) is 13.9. The Balaban J connectivity index is 1.97. The molecule has 0 atom stereocenters. The van der Waals surface area contributed by atoms with Crippen LogP contribution in [0.1, 0.15) is 5.56 Å². The number of nitrogens with zero attached hydrogens (tertiary/aromatic N) is 2. The van der Waals surface area contributed by atoms with Crippen LogP contribution in [0.4, 0.5) is 27.8 Å². The standard InChI is InChI=1S/C16H12F5N3O4/c17-11(18)6-27-15-23-13-10(5-12(25)22-13)14(26)24(15)8-1-3-9(4-2-8)28-7-16(19,20)21/h1-4,11H,5-7H2,(H,22,25). The third-order valence-corrected chi connectivity index (χ3v) is 3.58. The maximum atomic E-state index is 12.7. The van der Waals surface area contributed by atoms with Crippen molar-refractivity contribution < 1.29 is 36.2 Å². The van der Waals surface area contributed by atoms with E-state index in [1.54, 1.807) is 0 Å². The van der Waals surface area contributed by atoms with Gasteiger partial charge in [-0.25, -0.2) is 13.3 Å². The first kappa shape index (κ1) is 19.6. The summed E-state index contributed by atoms with van der Waals surface area (Å²) in [6.45, 7) is -2.55. The number of carbonyl (C=O) groups is 1. The van der Waals surface area contributed by atoms with Gasteiger partial charge in [0.05, 0.1) is 17.7 Å². The Labute approximate surface area is 153 Å². The van der Waals surface area contributed by atoms with Crippen LogP contribution in [0.3, 0.4) is 0 Å². The highest BCUT2D eigenvalue weighted by Crippen LogP contribution is 2.25. The summed E-state index contributed by atoms with van der Waals surface area (Å²) in [6, 6.07) is 4.32. The number of ether oxygens (including phenoxy) is 2. The van der Waals surface area contributed by atoms with Crippen LogP contribution >= 0.6 is 0 Å². The van der Waals surface area contributed by atoms with E-state index in [0.717, 1.165) is 4.57 Å². The van der Waals surface area contributed by atoms with Gasteiger partial charge in [-0.2, -0.15) is 18.2 Å². The normalized spacial score (nSPS) is 13.4. The van der Waals surface area contributed by atoms with Gasteiger partial charge in [0.25, 0.3) is 12.0 Å². The van der Waals surface area contributed by atoms with Crippen LogP contribution in [0.5, 0.6) is 11.8 Å². The van der Waals surface area contributed by atoms with E-state index in [-0.39, 0.29) is 29.2 Å². The molecule has 0 fully saturated rings. The maximum absolute atomic E-state index is 12.7. The minimum Gasteiger partial charge on any atom is -0.484 e. The summed E-state index contributed by atoms with van der Waals surface area (Å²) in [6.07, 6.45) is -7.61. The number of nitrogens with one attached hydrogen (secondary N) is 1. The summed E-state index contributed by atoms with van der Waals surface area (Å²) >= 11 is 0.